The third kappa shape index (κ3) is 1.90. The molecule has 1 aliphatic rings. The summed E-state index contributed by atoms with van der Waals surface area (Å²) in [7, 11) is 2.25. The molecule has 78 valence electrons. The quantitative estimate of drug-likeness (QED) is 0.636. The number of hydrogen-bond donors (Lipinski definition) is 0. The SMILES string of the molecule is CC(C)C1CN(C)CC1(C)C(C)C. The zero-order valence-corrected chi connectivity index (χ0v) is 10.1. The van der Waals surface area contributed by atoms with E-state index in [1.54, 1.807) is 0 Å². The first kappa shape index (κ1) is 11.0. The van der Waals surface area contributed by atoms with Crippen LogP contribution >= 0.6 is 0 Å². The van der Waals surface area contributed by atoms with Crippen LogP contribution in [0.5, 0.6) is 0 Å². The van der Waals surface area contributed by atoms with Crippen molar-refractivity contribution in [1.29, 1.82) is 0 Å². The van der Waals surface area contributed by atoms with Crippen LogP contribution in [0.1, 0.15) is 34.6 Å². The first-order valence-electron chi connectivity index (χ1n) is 5.56. The van der Waals surface area contributed by atoms with Crippen molar-refractivity contribution in [3.63, 3.8) is 0 Å². The average molecular weight is 183 g/mol. The van der Waals surface area contributed by atoms with Crippen molar-refractivity contribution in [2.45, 2.75) is 34.6 Å². The largest absolute Gasteiger partial charge is 0.305 e. The normalized spacial score (nSPS) is 36.5. The van der Waals surface area contributed by atoms with Crippen LogP contribution in [0.15, 0.2) is 0 Å². The van der Waals surface area contributed by atoms with Gasteiger partial charge in [-0.1, -0.05) is 34.6 Å². The van der Waals surface area contributed by atoms with E-state index in [-0.39, 0.29) is 0 Å². The highest BCUT2D eigenvalue weighted by atomic mass is 15.1. The van der Waals surface area contributed by atoms with E-state index in [1.807, 2.05) is 0 Å². The Morgan fingerprint density at radius 1 is 1.23 bits per heavy atom. The van der Waals surface area contributed by atoms with E-state index in [9.17, 15) is 0 Å². The van der Waals surface area contributed by atoms with Crippen molar-refractivity contribution >= 4 is 0 Å². The third-order valence-corrected chi connectivity index (χ3v) is 4.09. The molecule has 0 amide bonds. The fraction of sp³-hybridized carbons (Fsp3) is 1.00. The van der Waals surface area contributed by atoms with Gasteiger partial charge in [-0.05, 0) is 30.2 Å². The minimum absolute atomic E-state index is 0.531. The van der Waals surface area contributed by atoms with Crippen molar-refractivity contribution in [1.82, 2.24) is 4.90 Å². The Bertz CT molecular complexity index is 174. The summed E-state index contributed by atoms with van der Waals surface area (Å²) < 4.78 is 0. The molecule has 1 aliphatic heterocycles. The Kier molecular flexibility index (Phi) is 3.06. The number of rotatable bonds is 2. The van der Waals surface area contributed by atoms with Gasteiger partial charge < -0.3 is 4.90 Å². The summed E-state index contributed by atoms with van der Waals surface area (Å²) in [6, 6.07) is 0. The Morgan fingerprint density at radius 2 is 1.77 bits per heavy atom. The zero-order valence-electron chi connectivity index (χ0n) is 10.1. The predicted octanol–water partition coefficient (Wildman–Crippen LogP) is 2.87. The summed E-state index contributed by atoms with van der Waals surface area (Å²) in [5.41, 5.74) is 0.531. The van der Waals surface area contributed by atoms with Crippen LogP contribution in [-0.2, 0) is 0 Å². The number of nitrogens with zero attached hydrogens (tertiary/aromatic N) is 1. The molecule has 0 aliphatic carbocycles. The molecule has 13 heavy (non-hydrogen) atoms. The van der Waals surface area contributed by atoms with Crippen LogP contribution in [0.4, 0.5) is 0 Å². The molecule has 0 N–H and O–H groups in total. The molecule has 1 fully saturated rings. The van der Waals surface area contributed by atoms with Gasteiger partial charge in [-0.3, -0.25) is 0 Å². The molecule has 0 saturated carbocycles. The van der Waals surface area contributed by atoms with Gasteiger partial charge in [-0.25, -0.2) is 0 Å². The predicted molar refractivity (Wildman–Crippen MR) is 58.8 cm³/mol. The van der Waals surface area contributed by atoms with Crippen molar-refractivity contribution in [3.8, 4) is 0 Å². The standard InChI is InChI=1S/C12H25N/c1-9(2)11-7-13(6)8-12(11,5)10(3)4/h9-11H,7-8H2,1-6H3. The number of hydrogen-bond acceptors (Lipinski definition) is 1. The molecular formula is C12H25N. The number of likely N-dealkylation sites (tertiary alicyclic amines) is 1. The highest BCUT2D eigenvalue weighted by Gasteiger charge is 2.44. The molecular weight excluding hydrogens is 158 g/mol. The maximum absolute atomic E-state index is 2.49. The van der Waals surface area contributed by atoms with Gasteiger partial charge in [0.05, 0.1) is 0 Å². The molecule has 2 atom stereocenters. The molecule has 1 nitrogen and oxygen atoms in total. The second-order valence-corrected chi connectivity index (χ2v) is 5.71. The van der Waals surface area contributed by atoms with Crippen molar-refractivity contribution in [2.24, 2.45) is 23.2 Å². The smallest absolute Gasteiger partial charge is 0.00381 e. The van der Waals surface area contributed by atoms with Gasteiger partial charge in [0.1, 0.15) is 0 Å². The highest BCUT2D eigenvalue weighted by molar-refractivity contribution is 4.95. The fourth-order valence-corrected chi connectivity index (χ4v) is 2.89. The molecule has 0 aromatic heterocycles. The Labute approximate surface area is 83.5 Å². The van der Waals surface area contributed by atoms with E-state index in [1.165, 1.54) is 13.1 Å². The van der Waals surface area contributed by atoms with Crippen LogP contribution in [0.25, 0.3) is 0 Å². The Hall–Kier alpha value is -0.0400. The summed E-state index contributed by atoms with van der Waals surface area (Å²) in [6.07, 6.45) is 0. The molecule has 0 bridgehead atoms. The Balaban J connectivity index is 2.82. The fourth-order valence-electron chi connectivity index (χ4n) is 2.89. The van der Waals surface area contributed by atoms with E-state index in [0.29, 0.717) is 5.41 Å². The lowest BCUT2D eigenvalue weighted by molar-refractivity contribution is 0.130. The van der Waals surface area contributed by atoms with E-state index < -0.39 is 0 Å². The monoisotopic (exact) mass is 183 g/mol. The lowest BCUT2D eigenvalue weighted by atomic mass is 9.67. The van der Waals surface area contributed by atoms with E-state index in [2.05, 4.69) is 46.6 Å². The van der Waals surface area contributed by atoms with Crippen molar-refractivity contribution in [2.75, 3.05) is 20.1 Å². The van der Waals surface area contributed by atoms with Gasteiger partial charge in [0, 0.05) is 13.1 Å². The van der Waals surface area contributed by atoms with Crippen molar-refractivity contribution < 1.29 is 0 Å². The van der Waals surface area contributed by atoms with Crippen LogP contribution in [0.2, 0.25) is 0 Å². The van der Waals surface area contributed by atoms with Crippen LogP contribution in [0, 0.1) is 23.2 Å². The first-order chi connectivity index (χ1) is 5.88. The first-order valence-corrected chi connectivity index (χ1v) is 5.56. The summed E-state index contributed by atoms with van der Waals surface area (Å²) in [5.74, 6) is 2.49. The zero-order chi connectivity index (χ0) is 10.2. The summed E-state index contributed by atoms with van der Waals surface area (Å²) >= 11 is 0. The van der Waals surface area contributed by atoms with Crippen LogP contribution in [0.3, 0.4) is 0 Å². The second kappa shape index (κ2) is 3.61. The van der Waals surface area contributed by atoms with Gasteiger partial charge in [-0.2, -0.15) is 0 Å². The topological polar surface area (TPSA) is 3.24 Å². The lowest BCUT2D eigenvalue weighted by Crippen LogP contribution is -2.34. The Morgan fingerprint density at radius 3 is 2.08 bits per heavy atom. The summed E-state index contributed by atoms with van der Waals surface area (Å²) in [4.78, 5) is 2.49. The van der Waals surface area contributed by atoms with Gasteiger partial charge in [0.25, 0.3) is 0 Å². The molecule has 0 aromatic carbocycles. The lowest BCUT2D eigenvalue weighted by Gasteiger charge is -2.37. The summed E-state index contributed by atoms with van der Waals surface area (Å²) in [6.45, 7) is 14.5. The molecule has 1 heterocycles. The minimum atomic E-state index is 0.531. The molecule has 1 heteroatoms. The van der Waals surface area contributed by atoms with Gasteiger partial charge in [0.15, 0.2) is 0 Å². The average Bonchev–Trinajstić information content (AvgIpc) is 2.27. The van der Waals surface area contributed by atoms with Gasteiger partial charge in [-0.15, -0.1) is 0 Å². The van der Waals surface area contributed by atoms with E-state index in [0.717, 1.165) is 17.8 Å². The molecule has 0 aromatic rings. The molecule has 2 unspecified atom stereocenters. The molecule has 1 rings (SSSR count). The molecule has 0 radical (unpaired) electrons. The molecule has 0 spiro atoms. The minimum Gasteiger partial charge on any atom is -0.305 e. The van der Waals surface area contributed by atoms with Crippen molar-refractivity contribution in [3.05, 3.63) is 0 Å². The van der Waals surface area contributed by atoms with E-state index >= 15 is 0 Å². The van der Waals surface area contributed by atoms with Crippen LogP contribution in [-0.4, -0.2) is 25.0 Å². The van der Waals surface area contributed by atoms with Crippen LogP contribution < -0.4 is 0 Å². The second-order valence-electron chi connectivity index (χ2n) is 5.71. The summed E-state index contributed by atoms with van der Waals surface area (Å²) in [5, 5.41) is 0. The third-order valence-electron chi connectivity index (χ3n) is 4.09. The maximum Gasteiger partial charge on any atom is 0.00381 e. The highest BCUT2D eigenvalue weighted by Crippen LogP contribution is 2.44. The van der Waals surface area contributed by atoms with Gasteiger partial charge in [0.2, 0.25) is 0 Å². The molecule has 1 saturated heterocycles. The maximum atomic E-state index is 2.49. The van der Waals surface area contributed by atoms with E-state index in [4.69, 9.17) is 0 Å². The van der Waals surface area contributed by atoms with Gasteiger partial charge >= 0.3 is 0 Å².